The van der Waals surface area contributed by atoms with Crippen molar-refractivity contribution in [3.05, 3.63) is 88.9 Å². The zero-order valence-electron chi connectivity index (χ0n) is 17.9. The van der Waals surface area contributed by atoms with Gasteiger partial charge in [-0.25, -0.2) is 8.42 Å². The Morgan fingerprint density at radius 2 is 1.72 bits per heavy atom. The number of benzene rings is 3. The Morgan fingerprint density at radius 1 is 1.03 bits per heavy atom. The highest BCUT2D eigenvalue weighted by molar-refractivity contribution is 7.92. The maximum atomic E-state index is 13.3. The summed E-state index contributed by atoms with van der Waals surface area (Å²) in [5.41, 5.74) is 2.18. The molecule has 6 nitrogen and oxygen atoms in total. The molecule has 0 aliphatic heterocycles. The van der Waals surface area contributed by atoms with Crippen LogP contribution in [0.25, 0.3) is 0 Å². The molecule has 0 saturated heterocycles. The lowest BCUT2D eigenvalue weighted by Crippen LogP contribution is -2.41. The van der Waals surface area contributed by atoms with Crippen LogP contribution in [0.2, 0.25) is 5.02 Å². The third kappa shape index (κ3) is 5.81. The van der Waals surface area contributed by atoms with Crippen LogP contribution < -0.4 is 14.4 Å². The number of ether oxygens (including phenoxy) is 1. The number of nitrogens with zero attached hydrogens (tertiary/aromatic N) is 1. The number of anilines is 1. The largest absolute Gasteiger partial charge is 0.497 e. The molecule has 0 atom stereocenters. The molecule has 0 radical (unpaired) electrons. The van der Waals surface area contributed by atoms with E-state index in [9.17, 15) is 13.2 Å². The number of sulfonamides is 1. The number of hydrogen-bond donors (Lipinski definition) is 1. The van der Waals surface area contributed by atoms with Crippen molar-refractivity contribution < 1.29 is 17.9 Å². The number of hydrogen-bond acceptors (Lipinski definition) is 4. The van der Waals surface area contributed by atoms with Crippen LogP contribution in [0.1, 0.15) is 11.1 Å². The number of carbonyl (C=O) groups is 1. The van der Waals surface area contributed by atoms with Gasteiger partial charge < -0.3 is 10.1 Å². The first-order chi connectivity index (χ1) is 15.3. The Morgan fingerprint density at radius 3 is 2.34 bits per heavy atom. The Labute approximate surface area is 193 Å². The van der Waals surface area contributed by atoms with Gasteiger partial charge in [0, 0.05) is 11.6 Å². The molecule has 3 aromatic rings. The SMILES string of the molecule is COc1ccc(CCNC(=O)CN(c2ccc(C)c(Cl)c2)S(=O)(=O)c2ccccc2)cc1. The molecule has 0 bridgehead atoms. The average molecular weight is 473 g/mol. The molecule has 1 N–H and O–H groups in total. The molecule has 1 amide bonds. The fourth-order valence-electron chi connectivity index (χ4n) is 3.10. The van der Waals surface area contributed by atoms with E-state index >= 15 is 0 Å². The molecule has 32 heavy (non-hydrogen) atoms. The van der Waals surface area contributed by atoms with Crippen LogP contribution in [0.5, 0.6) is 5.75 Å². The van der Waals surface area contributed by atoms with Gasteiger partial charge in [0.15, 0.2) is 0 Å². The van der Waals surface area contributed by atoms with Gasteiger partial charge in [-0.05, 0) is 60.9 Å². The summed E-state index contributed by atoms with van der Waals surface area (Å²) in [6.45, 7) is 1.84. The number of halogens is 1. The van der Waals surface area contributed by atoms with Crippen LogP contribution in [0.3, 0.4) is 0 Å². The van der Waals surface area contributed by atoms with E-state index in [2.05, 4.69) is 5.32 Å². The lowest BCUT2D eigenvalue weighted by molar-refractivity contribution is -0.119. The van der Waals surface area contributed by atoms with Gasteiger partial charge in [-0.2, -0.15) is 0 Å². The van der Waals surface area contributed by atoms with Crippen LogP contribution in [-0.4, -0.2) is 34.5 Å². The van der Waals surface area contributed by atoms with Crippen molar-refractivity contribution in [2.75, 3.05) is 24.5 Å². The second-order valence-electron chi connectivity index (χ2n) is 7.21. The summed E-state index contributed by atoms with van der Waals surface area (Å²) in [6.07, 6.45) is 0.609. The molecular formula is C24H25ClN2O4S. The zero-order chi connectivity index (χ0) is 23.1. The van der Waals surface area contributed by atoms with Gasteiger partial charge >= 0.3 is 0 Å². The van der Waals surface area contributed by atoms with E-state index < -0.39 is 15.9 Å². The van der Waals surface area contributed by atoms with Crippen molar-refractivity contribution in [1.29, 1.82) is 0 Å². The van der Waals surface area contributed by atoms with Crippen LogP contribution in [0.4, 0.5) is 5.69 Å². The zero-order valence-corrected chi connectivity index (χ0v) is 19.5. The standard InChI is InChI=1S/C24H25ClN2O4S/c1-18-8-11-20(16-23(18)25)27(32(29,30)22-6-4-3-5-7-22)17-24(28)26-15-14-19-9-12-21(31-2)13-10-19/h3-13,16H,14-15,17H2,1-2H3,(H,26,28). The van der Waals surface area contributed by atoms with Crippen molar-refractivity contribution in [2.24, 2.45) is 0 Å². The Bertz CT molecular complexity index is 1170. The maximum Gasteiger partial charge on any atom is 0.264 e. The number of rotatable bonds is 9. The highest BCUT2D eigenvalue weighted by Crippen LogP contribution is 2.27. The van der Waals surface area contributed by atoms with Gasteiger partial charge in [0.2, 0.25) is 5.91 Å². The van der Waals surface area contributed by atoms with Crippen molar-refractivity contribution in [1.82, 2.24) is 5.32 Å². The lowest BCUT2D eigenvalue weighted by atomic mass is 10.1. The molecule has 3 rings (SSSR count). The molecule has 8 heteroatoms. The number of amides is 1. The van der Waals surface area contributed by atoms with Gasteiger partial charge in [-0.1, -0.05) is 48.0 Å². The first-order valence-electron chi connectivity index (χ1n) is 10.0. The van der Waals surface area contributed by atoms with Gasteiger partial charge in [-0.3, -0.25) is 9.10 Å². The fraction of sp³-hybridized carbons (Fsp3) is 0.208. The highest BCUT2D eigenvalue weighted by atomic mass is 35.5. The third-order valence-corrected chi connectivity index (χ3v) is 7.15. The first kappa shape index (κ1) is 23.6. The van der Waals surface area contributed by atoms with Gasteiger partial charge in [0.05, 0.1) is 17.7 Å². The van der Waals surface area contributed by atoms with Gasteiger partial charge in [0.25, 0.3) is 10.0 Å². The summed E-state index contributed by atoms with van der Waals surface area (Å²) in [5.74, 6) is 0.353. The van der Waals surface area contributed by atoms with E-state index in [0.717, 1.165) is 21.2 Å². The van der Waals surface area contributed by atoms with Gasteiger partial charge in [0.1, 0.15) is 12.3 Å². The Hall–Kier alpha value is -3.03. The third-order valence-electron chi connectivity index (χ3n) is 4.96. The average Bonchev–Trinajstić information content (AvgIpc) is 2.80. The predicted molar refractivity (Wildman–Crippen MR) is 127 cm³/mol. The lowest BCUT2D eigenvalue weighted by Gasteiger charge is -2.24. The molecular weight excluding hydrogens is 448 g/mol. The van der Waals surface area contributed by atoms with Crippen LogP contribution in [-0.2, 0) is 21.2 Å². The van der Waals surface area contributed by atoms with E-state index in [4.69, 9.17) is 16.3 Å². The van der Waals surface area contributed by atoms with E-state index in [1.165, 1.54) is 12.1 Å². The number of carbonyl (C=O) groups excluding carboxylic acids is 1. The summed E-state index contributed by atoms with van der Waals surface area (Å²) >= 11 is 6.23. The number of nitrogens with one attached hydrogen (secondary N) is 1. The Kier molecular flexibility index (Phi) is 7.77. The summed E-state index contributed by atoms with van der Waals surface area (Å²) in [6, 6.07) is 20.5. The number of methoxy groups -OCH3 is 1. The normalized spacial score (nSPS) is 11.1. The molecule has 0 spiro atoms. The highest BCUT2D eigenvalue weighted by Gasteiger charge is 2.27. The quantitative estimate of drug-likeness (QED) is 0.506. The molecule has 0 aromatic heterocycles. The summed E-state index contributed by atoms with van der Waals surface area (Å²) in [4.78, 5) is 12.8. The molecule has 0 aliphatic rings. The Balaban J connectivity index is 1.76. The van der Waals surface area contributed by atoms with Crippen molar-refractivity contribution in [2.45, 2.75) is 18.2 Å². The predicted octanol–water partition coefficient (Wildman–Crippen LogP) is 4.21. The summed E-state index contributed by atoms with van der Waals surface area (Å²) in [7, 11) is -2.36. The second kappa shape index (κ2) is 10.5. The van der Waals surface area contributed by atoms with Gasteiger partial charge in [-0.15, -0.1) is 0 Å². The maximum absolute atomic E-state index is 13.3. The molecule has 0 saturated carbocycles. The fourth-order valence-corrected chi connectivity index (χ4v) is 4.71. The molecule has 0 aliphatic carbocycles. The van der Waals surface area contributed by atoms with Crippen molar-refractivity contribution in [3.8, 4) is 5.75 Å². The first-order valence-corrected chi connectivity index (χ1v) is 11.9. The molecule has 3 aromatic carbocycles. The van der Waals surface area contributed by atoms with Crippen molar-refractivity contribution >= 4 is 33.2 Å². The van der Waals surface area contributed by atoms with Crippen LogP contribution in [0, 0.1) is 6.92 Å². The monoisotopic (exact) mass is 472 g/mol. The minimum atomic E-state index is -3.96. The molecule has 0 unspecified atom stereocenters. The summed E-state index contributed by atoms with van der Waals surface area (Å²) in [5, 5.41) is 3.23. The molecule has 168 valence electrons. The molecule has 0 heterocycles. The second-order valence-corrected chi connectivity index (χ2v) is 9.48. The topological polar surface area (TPSA) is 75.7 Å². The van der Waals surface area contributed by atoms with E-state index in [1.54, 1.807) is 43.5 Å². The minimum Gasteiger partial charge on any atom is -0.497 e. The minimum absolute atomic E-state index is 0.0998. The van der Waals surface area contributed by atoms with E-state index in [1.807, 2.05) is 31.2 Å². The summed E-state index contributed by atoms with van der Waals surface area (Å²) < 4.78 is 32.8. The van der Waals surface area contributed by atoms with Crippen molar-refractivity contribution in [3.63, 3.8) is 0 Å². The van der Waals surface area contributed by atoms with Crippen LogP contribution >= 0.6 is 11.6 Å². The van der Waals surface area contributed by atoms with E-state index in [-0.39, 0.29) is 11.4 Å². The smallest absolute Gasteiger partial charge is 0.264 e. The number of aryl methyl sites for hydroxylation is 1. The van der Waals surface area contributed by atoms with Crippen LogP contribution in [0.15, 0.2) is 77.7 Å². The molecule has 0 fully saturated rings. The van der Waals surface area contributed by atoms with E-state index in [0.29, 0.717) is 23.7 Å².